The van der Waals surface area contributed by atoms with Gasteiger partial charge in [-0.3, -0.25) is 4.79 Å². The number of nitriles is 1. The van der Waals surface area contributed by atoms with Crippen molar-refractivity contribution in [2.75, 3.05) is 26.2 Å². The normalized spacial score (nSPS) is 17.6. The van der Waals surface area contributed by atoms with Gasteiger partial charge in [0, 0.05) is 5.56 Å². The number of quaternary nitrogens is 1. The van der Waals surface area contributed by atoms with Crippen molar-refractivity contribution in [3.8, 4) is 6.07 Å². The summed E-state index contributed by atoms with van der Waals surface area (Å²) in [6, 6.07) is 11.7. The van der Waals surface area contributed by atoms with Gasteiger partial charge in [-0.05, 0) is 19.3 Å². The zero-order valence-electron chi connectivity index (χ0n) is 11.3. The van der Waals surface area contributed by atoms with Crippen molar-refractivity contribution in [1.82, 2.24) is 0 Å². The lowest BCUT2D eigenvalue weighted by Gasteiger charge is -2.40. The number of piperidine rings is 1. The standard InChI is InChI=1S/C16H21N2O/c17-10-7-13-18(11-5-2-6-12-18)14-16(19)15-8-3-1-4-9-15/h1,3-4,8-9H,2,5-7,11-14H2/q+1. The van der Waals surface area contributed by atoms with Crippen LogP contribution in [0.25, 0.3) is 0 Å². The van der Waals surface area contributed by atoms with E-state index in [0.717, 1.165) is 29.7 Å². The van der Waals surface area contributed by atoms with Crippen LogP contribution in [0.2, 0.25) is 0 Å². The van der Waals surface area contributed by atoms with Crippen molar-refractivity contribution in [2.24, 2.45) is 0 Å². The minimum Gasteiger partial charge on any atom is -0.316 e. The van der Waals surface area contributed by atoms with Crippen LogP contribution in [0.3, 0.4) is 0 Å². The Kier molecular flexibility index (Phi) is 4.70. The Labute approximate surface area is 115 Å². The van der Waals surface area contributed by atoms with E-state index < -0.39 is 0 Å². The van der Waals surface area contributed by atoms with E-state index in [9.17, 15) is 4.79 Å². The van der Waals surface area contributed by atoms with Gasteiger partial charge >= 0.3 is 0 Å². The minimum atomic E-state index is 0.209. The molecular formula is C16H21N2O+. The Hall–Kier alpha value is -1.66. The SMILES string of the molecule is N#CCC[N+]1(CC(=O)c2ccccc2)CCCCC1. The molecule has 0 atom stereocenters. The Bertz CT molecular complexity index is 455. The third-order valence-corrected chi connectivity index (χ3v) is 4.04. The molecule has 0 amide bonds. The first-order chi connectivity index (χ1) is 9.26. The fourth-order valence-corrected chi connectivity index (χ4v) is 2.95. The summed E-state index contributed by atoms with van der Waals surface area (Å²) in [6.07, 6.45) is 4.15. The van der Waals surface area contributed by atoms with Crippen LogP contribution in [0.1, 0.15) is 36.0 Å². The van der Waals surface area contributed by atoms with E-state index in [-0.39, 0.29) is 5.78 Å². The Morgan fingerprint density at radius 2 is 1.84 bits per heavy atom. The van der Waals surface area contributed by atoms with Crippen LogP contribution in [0, 0.1) is 11.3 Å². The van der Waals surface area contributed by atoms with Gasteiger partial charge in [-0.1, -0.05) is 30.3 Å². The van der Waals surface area contributed by atoms with E-state index in [0.29, 0.717) is 13.0 Å². The maximum atomic E-state index is 12.4. The molecule has 100 valence electrons. The average Bonchev–Trinajstić information content (AvgIpc) is 2.47. The third kappa shape index (κ3) is 3.65. The van der Waals surface area contributed by atoms with Crippen LogP contribution in [-0.2, 0) is 0 Å². The summed E-state index contributed by atoms with van der Waals surface area (Å²) in [5.74, 6) is 0.209. The second-order valence-electron chi connectivity index (χ2n) is 5.43. The maximum Gasteiger partial charge on any atom is 0.216 e. The van der Waals surface area contributed by atoms with Crippen LogP contribution in [0.15, 0.2) is 30.3 Å². The Morgan fingerprint density at radius 3 is 2.47 bits per heavy atom. The molecule has 0 unspecified atom stereocenters. The molecule has 1 fully saturated rings. The summed E-state index contributed by atoms with van der Waals surface area (Å²) in [4.78, 5) is 12.4. The molecular weight excluding hydrogens is 236 g/mol. The van der Waals surface area contributed by atoms with Crippen molar-refractivity contribution < 1.29 is 9.28 Å². The molecule has 2 rings (SSSR count). The summed E-state index contributed by atoms with van der Waals surface area (Å²) in [5, 5.41) is 8.82. The number of likely N-dealkylation sites (tertiary alicyclic amines) is 1. The molecule has 0 radical (unpaired) electrons. The number of rotatable bonds is 5. The van der Waals surface area contributed by atoms with Crippen molar-refractivity contribution in [3.63, 3.8) is 0 Å². The minimum absolute atomic E-state index is 0.209. The van der Waals surface area contributed by atoms with E-state index in [1.54, 1.807) is 0 Å². The Balaban J connectivity index is 2.07. The predicted octanol–water partition coefficient (Wildman–Crippen LogP) is 2.78. The second kappa shape index (κ2) is 6.49. The van der Waals surface area contributed by atoms with E-state index in [1.165, 1.54) is 19.3 Å². The lowest BCUT2D eigenvalue weighted by atomic mass is 10.0. The van der Waals surface area contributed by atoms with Gasteiger partial charge in [0.2, 0.25) is 5.78 Å². The number of carbonyl (C=O) groups is 1. The number of nitrogens with zero attached hydrogens (tertiary/aromatic N) is 2. The first kappa shape index (κ1) is 13.8. The van der Waals surface area contributed by atoms with Gasteiger partial charge in [0.1, 0.15) is 6.54 Å². The molecule has 0 N–H and O–H groups in total. The highest BCUT2D eigenvalue weighted by Crippen LogP contribution is 2.20. The second-order valence-corrected chi connectivity index (χ2v) is 5.43. The highest BCUT2D eigenvalue weighted by molar-refractivity contribution is 5.96. The highest BCUT2D eigenvalue weighted by Gasteiger charge is 2.32. The highest BCUT2D eigenvalue weighted by atomic mass is 16.1. The molecule has 1 aromatic carbocycles. The summed E-state index contributed by atoms with van der Waals surface area (Å²) < 4.78 is 0.807. The number of hydrogen-bond acceptors (Lipinski definition) is 2. The van der Waals surface area contributed by atoms with Crippen LogP contribution in [0.4, 0.5) is 0 Å². The van der Waals surface area contributed by atoms with Gasteiger partial charge in [0.05, 0.1) is 32.1 Å². The lowest BCUT2D eigenvalue weighted by molar-refractivity contribution is -0.924. The molecule has 1 aliphatic rings. The van der Waals surface area contributed by atoms with Crippen LogP contribution in [-0.4, -0.2) is 36.4 Å². The molecule has 0 aliphatic carbocycles. The molecule has 1 heterocycles. The van der Waals surface area contributed by atoms with E-state index in [1.807, 2.05) is 30.3 Å². The Morgan fingerprint density at radius 1 is 1.16 bits per heavy atom. The quantitative estimate of drug-likeness (QED) is 0.601. The van der Waals surface area contributed by atoms with Crippen molar-refractivity contribution in [1.29, 1.82) is 5.26 Å². The summed E-state index contributed by atoms with van der Waals surface area (Å²) in [7, 11) is 0. The molecule has 1 saturated heterocycles. The van der Waals surface area contributed by atoms with E-state index >= 15 is 0 Å². The van der Waals surface area contributed by atoms with Crippen LogP contribution >= 0.6 is 0 Å². The smallest absolute Gasteiger partial charge is 0.216 e. The van der Waals surface area contributed by atoms with E-state index in [4.69, 9.17) is 5.26 Å². The van der Waals surface area contributed by atoms with Crippen LogP contribution < -0.4 is 0 Å². The fourth-order valence-electron chi connectivity index (χ4n) is 2.95. The van der Waals surface area contributed by atoms with Gasteiger partial charge in [-0.2, -0.15) is 5.26 Å². The first-order valence-corrected chi connectivity index (χ1v) is 7.06. The summed E-state index contributed by atoms with van der Waals surface area (Å²) in [6.45, 7) is 3.45. The molecule has 0 bridgehead atoms. The molecule has 0 saturated carbocycles. The fraction of sp³-hybridized carbons (Fsp3) is 0.500. The molecule has 3 nitrogen and oxygen atoms in total. The molecule has 0 spiro atoms. The largest absolute Gasteiger partial charge is 0.316 e. The van der Waals surface area contributed by atoms with Gasteiger partial charge in [-0.25, -0.2) is 0 Å². The number of ketones is 1. The first-order valence-electron chi connectivity index (χ1n) is 7.06. The number of carbonyl (C=O) groups excluding carboxylic acids is 1. The maximum absolute atomic E-state index is 12.4. The lowest BCUT2D eigenvalue weighted by Crippen LogP contribution is -2.54. The van der Waals surface area contributed by atoms with Crippen molar-refractivity contribution in [3.05, 3.63) is 35.9 Å². The zero-order chi connectivity index (χ0) is 13.6. The molecule has 1 aliphatic heterocycles. The molecule has 19 heavy (non-hydrogen) atoms. The van der Waals surface area contributed by atoms with Gasteiger partial charge in [0.25, 0.3) is 0 Å². The molecule has 1 aromatic rings. The van der Waals surface area contributed by atoms with Gasteiger partial charge in [0.15, 0.2) is 0 Å². The van der Waals surface area contributed by atoms with E-state index in [2.05, 4.69) is 6.07 Å². The molecule has 0 aromatic heterocycles. The van der Waals surface area contributed by atoms with Crippen molar-refractivity contribution >= 4 is 5.78 Å². The number of hydrogen-bond donors (Lipinski definition) is 0. The monoisotopic (exact) mass is 257 g/mol. The van der Waals surface area contributed by atoms with Crippen molar-refractivity contribution in [2.45, 2.75) is 25.7 Å². The topological polar surface area (TPSA) is 40.9 Å². The van der Waals surface area contributed by atoms with Crippen LogP contribution in [0.5, 0.6) is 0 Å². The molecule has 3 heteroatoms. The average molecular weight is 257 g/mol. The zero-order valence-corrected chi connectivity index (χ0v) is 11.3. The number of benzene rings is 1. The third-order valence-electron chi connectivity index (χ3n) is 4.04. The van der Waals surface area contributed by atoms with Gasteiger partial charge in [-0.15, -0.1) is 0 Å². The van der Waals surface area contributed by atoms with Gasteiger partial charge < -0.3 is 4.48 Å². The predicted molar refractivity (Wildman–Crippen MR) is 74.6 cm³/mol. The number of Topliss-reactive ketones (excluding diaryl/α,β-unsaturated/α-hetero) is 1. The summed E-state index contributed by atoms with van der Waals surface area (Å²) in [5.41, 5.74) is 0.794. The summed E-state index contributed by atoms with van der Waals surface area (Å²) >= 11 is 0.